The Balaban J connectivity index is 1.64. The minimum Gasteiger partial charge on any atom is -0.494 e. The van der Waals surface area contributed by atoms with Crippen LogP contribution in [0.3, 0.4) is 0 Å². The molecule has 126 valence electrons. The maximum Gasteiger partial charge on any atom is 0.119 e. The Morgan fingerprint density at radius 1 is 1.29 bits per heavy atom. The number of ether oxygens (including phenoxy) is 1. The van der Waals surface area contributed by atoms with Gasteiger partial charge in [0, 0.05) is 16.5 Å². The van der Waals surface area contributed by atoms with Gasteiger partial charge in [0.05, 0.1) is 12.6 Å². The molecule has 0 saturated heterocycles. The number of fused-ring (bicyclic) bond motifs is 3. The molecule has 3 heteroatoms. The fourth-order valence-electron chi connectivity index (χ4n) is 3.96. The van der Waals surface area contributed by atoms with Gasteiger partial charge in [-0.05, 0) is 66.5 Å². The van der Waals surface area contributed by atoms with Gasteiger partial charge in [-0.2, -0.15) is 0 Å². The number of hydrogen-bond donors (Lipinski definition) is 1. The van der Waals surface area contributed by atoms with Crippen LogP contribution in [0.2, 0.25) is 0 Å². The molecule has 0 bridgehead atoms. The van der Waals surface area contributed by atoms with Crippen LogP contribution in [0.5, 0.6) is 5.75 Å². The summed E-state index contributed by atoms with van der Waals surface area (Å²) in [7, 11) is 0. The number of rotatable bonds is 5. The van der Waals surface area contributed by atoms with E-state index in [1.165, 1.54) is 28.1 Å². The molecule has 3 atom stereocenters. The topological polar surface area (TPSA) is 21.3 Å². The van der Waals surface area contributed by atoms with Gasteiger partial charge in [0.25, 0.3) is 0 Å². The predicted molar refractivity (Wildman–Crippen MR) is 102 cm³/mol. The van der Waals surface area contributed by atoms with Gasteiger partial charge in [0.15, 0.2) is 0 Å². The molecule has 2 aromatic rings. The highest BCUT2D eigenvalue weighted by Gasteiger charge is 2.38. The van der Waals surface area contributed by atoms with E-state index in [1.807, 2.05) is 11.3 Å². The molecule has 1 aliphatic carbocycles. The number of anilines is 1. The highest BCUT2D eigenvalue weighted by atomic mass is 32.1. The van der Waals surface area contributed by atoms with Gasteiger partial charge < -0.3 is 10.1 Å². The maximum absolute atomic E-state index is 5.93. The molecule has 1 aromatic carbocycles. The van der Waals surface area contributed by atoms with Gasteiger partial charge in [-0.1, -0.05) is 25.5 Å². The quantitative estimate of drug-likeness (QED) is 0.528. The first kappa shape index (κ1) is 15.8. The van der Waals surface area contributed by atoms with Crippen molar-refractivity contribution >= 4 is 17.0 Å². The van der Waals surface area contributed by atoms with Crippen LogP contribution in [0.4, 0.5) is 5.69 Å². The molecule has 2 heterocycles. The van der Waals surface area contributed by atoms with Crippen molar-refractivity contribution in [3.05, 3.63) is 57.8 Å². The third kappa shape index (κ3) is 2.75. The van der Waals surface area contributed by atoms with E-state index < -0.39 is 0 Å². The minimum atomic E-state index is 0.421. The number of nitrogens with one attached hydrogen (secondary N) is 1. The lowest BCUT2D eigenvalue weighted by molar-refractivity contribution is 0.308. The summed E-state index contributed by atoms with van der Waals surface area (Å²) in [5.74, 6) is 2.12. The lowest BCUT2D eigenvalue weighted by Gasteiger charge is -2.37. The lowest BCUT2D eigenvalue weighted by atomic mass is 9.78. The Morgan fingerprint density at radius 3 is 3.00 bits per heavy atom. The van der Waals surface area contributed by atoms with E-state index in [-0.39, 0.29) is 0 Å². The maximum atomic E-state index is 5.93. The molecule has 1 aliphatic heterocycles. The van der Waals surface area contributed by atoms with Gasteiger partial charge in [0.1, 0.15) is 5.75 Å². The van der Waals surface area contributed by atoms with Crippen LogP contribution in [0.1, 0.15) is 54.1 Å². The normalized spacial score (nSPS) is 24.3. The third-order valence-corrected chi connectivity index (χ3v) is 6.39. The van der Waals surface area contributed by atoms with Crippen molar-refractivity contribution in [3.8, 4) is 5.75 Å². The summed E-state index contributed by atoms with van der Waals surface area (Å²) in [4.78, 5) is 1.49. The smallest absolute Gasteiger partial charge is 0.119 e. The standard InChI is InChI=1S/C21H25NOS/c1-3-4-11-23-15-8-9-19-18(13-15)16-6-5-7-17(16)20(22-19)21-14(2)10-12-24-21/h5-6,8-10,12-13,16-17,20,22H,3-4,7,11H2,1-2H3. The minimum absolute atomic E-state index is 0.421. The molecule has 0 amide bonds. The summed E-state index contributed by atoms with van der Waals surface area (Å²) < 4.78 is 5.93. The molecule has 24 heavy (non-hydrogen) atoms. The molecule has 0 spiro atoms. The molecule has 0 fully saturated rings. The first-order valence-electron chi connectivity index (χ1n) is 9.02. The van der Waals surface area contributed by atoms with Crippen molar-refractivity contribution in [2.45, 2.75) is 45.1 Å². The average molecular weight is 340 g/mol. The van der Waals surface area contributed by atoms with Crippen molar-refractivity contribution in [2.24, 2.45) is 5.92 Å². The fourth-order valence-corrected chi connectivity index (χ4v) is 5.01. The van der Waals surface area contributed by atoms with E-state index in [1.54, 1.807) is 0 Å². The van der Waals surface area contributed by atoms with Crippen molar-refractivity contribution in [2.75, 3.05) is 11.9 Å². The van der Waals surface area contributed by atoms with Gasteiger partial charge in [-0.25, -0.2) is 0 Å². The second kappa shape index (κ2) is 6.64. The highest BCUT2D eigenvalue weighted by Crippen LogP contribution is 2.51. The summed E-state index contributed by atoms with van der Waals surface area (Å²) in [5, 5.41) is 6.03. The fraction of sp³-hybridized carbons (Fsp3) is 0.429. The molecule has 4 rings (SSSR count). The molecule has 0 radical (unpaired) electrons. The second-order valence-electron chi connectivity index (χ2n) is 6.89. The van der Waals surface area contributed by atoms with Crippen LogP contribution in [-0.2, 0) is 0 Å². The third-order valence-electron chi connectivity index (χ3n) is 5.29. The highest BCUT2D eigenvalue weighted by molar-refractivity contribution is 7.10. The SMILES string of the molecule is CCCCOc1ccc2c(c1)C1C=CCC1C(c1sccc1C)N2. The monoisotopic (exact) mass is 339 g/mol. The van der Waals surface area contributed by atoms with Crippen LogP contribution in [0.25, 0.3) is 0 Å². The van der Waals surface area contributed by atoms with E-state index >= 15 is 0 Å². The number of unbranched alkanes of at least 4 members (excludes halogenated alkanes) is 1. The largest absolute Gasteiger partial charge is 0.494 e. The predicted octanol–water partition coefficient (Wildman–Crippen LogP) is 6.06. The average Bonchev–Trinajstić information content (AvgIpc) is 3.23. The second-order valence-corrected chi connectivity index (χ2v) is 7.84. The Morgan fingerprint density at radius 2 is 2.21 bits per heavy atom. The first-order chi connectivity index (χ1) is 11.8. The Kier molecular flexibility index (Phi) is 4.36. The molecular weight excluding hydrogens is 314 g/mol. The van der Waals surface area contributed by atoms with Crippen LogP contribution < -0.4 is 10.1 Å². The summed E-state index contributed by atoms with van der Waals surface area (Å²) >= 11 is 1.88. The van der Waals surface area contributed by atoms with E-state index in [0.29, 0.717) is 17.9 Å². The zero-order valence-electron chi connectivity index (χ0n) is 14.4. The van der Waals surface area contributed by atoms with Crippen molar-refractivity contribution in [1.82, 2.24) is 0 Å². The molecule has 2 aliphatic rings. The van der Waals surface area contributed by atoms with Crippen LogP contribution >= 0.6 is 11.3 Å². The van der Waals surface area contributed by atoms with Gasteiger partial charge in [0.2, 0.25) is 0 Å². The van der Waals surface area contributed by atoms with Gasteiger partial charge >= 0.3 is 0 Å². The number of aryl methyl sites for hydroxylation is 1. The van der Waals surface area contributed by atoms with Crippen LogP contribution in [0, 0.1) is 12.8 Å². The summed E-state index contributed by atoms with van der Waals surface area (Å²) in [5.41, 5.74) is 4.07. The number of thiophene rings is 1. The summed E-state index contributed by atoms with van der Waals surface area (Å²) in [6.45, 7) is 5.23. The molecule has 1 N–H and O–H groups in total. The zero-order valence-corrected chi connectivity index (χ0v) is 15.2. The zero-order chi connectivity index (χ0) is 16.5. The van der Waals surface area contributed by atoms with Crippen LogP contribution in [0.15, 0.2) is 41.8 Å². The molecule has 0 saturated carbocycles. The lowest BCUT2D eigenvalue weighted by Crippen LogP contribution is -2.28. The molecule has 1 aromatic heterocycles. The van der Waals surface area contributed by atoms with Crippen molar-refractivity contribution in [3.63, 3.8) is 0 Å². The number of benzene rings is 1. The summed E-state index contributed by atoms with van der Waals surface area (Å²) in [6, 6.07) is 9.22. The number of allylic oxidation sites excluding steroid dienone is 2. The van der Waals surface area contributed by atoms with Crippen molar-refractivity contribution < 1.29 is 4.74 Å². The van der Waals surface area contributed by atoms with E-state index in [9.17, 15) is 0 Å². The van der Waals surface area contributed by atoms with E-state index in [2.05, 4.69) is 61.0 Å². The Bertz CT molecular complexity index is 748. The summed E-state index contributed by atoms with van der Waals surface area (Å²) in [6.07, 6.45) is 8.19. The van der Waals surface area contributed by atoms with E-state index in [0.717, 1.165) is 25.2 Å². The molecule has 2 nitrogen and oxygen atoms in total. The van der Waals surface area contributed by atoms with Crippen LogP contribution in [-0.4, -0.2) is 6.61 Å². The Labute approximate surface area is 148 Å². The van der Waals surface area contributed by atoms with Gasteiger partial charge in [-0.3, -0.25) is 0 Å². The number of hydrogen-bond acceptors (Lipinski definition) is 3. The van der Waals surface area contributed by atoms with Gasteiger partial charge in [-0.15, -0.1) is 11.3 Å². The van der Waals surface area contributed by atoms with Crippen molar-refractivity contribution in [1.29, 1.82) is 0 Å². The van der Waals surface area contributed by atoms with E-state index in [4.69, 9.17) is 4.74 Å². The molecule has 3 unspecified atom stereocenters. The molecular formula is C21H25NOS. The Hall–Kier alpha value is -1.74. The first-order valence-corrected chi connectivity index (χ1v) is 9.90.